The molecule has 0 aliphatic carbocycles. The highest BCUT2D eigenvalue weighted by Gasteiger charge is 2.54. The van der Waals surface area contributed by atoms with Crippen LogP contribution >= 0.6 is 46.0 Å². The largest absolute Gasteiger partial charge is 0.477 e. The van der Waals surface area contributed by atoms with Crippen LogP contribution in [0.5, 0.6) is 0 Å². The van der Waals surface area contributed by atoms with E-state index in [2.05, 4.69) is 20.4 Å². The van der Waals surface area contributed by atoms with E-state index in [1.54, 1.807) is 0 Å². The topological polar surface area (TPSA) is 160 Å². The molecule has 4 N–H and O–H groups in total. The second-order valence-corrected chi connectivity index (χ2v) is 11.5. The van der Waals surface area contributed by atoms with Crippen LogP contribution in [0.25, 0.3) is 0 Å². The third-order valence-electron chi connectivity index (χ3n) is 5.32. The number of rotatable bonds is 7. The first kappa shape index (κ1) is 24.4. The lowest BCUT2D eigenvalue weighted by Crippen LogP contribution is -2.72. The lowest BCUT2D eigenvalue weighted by Gasteiger charge is -2.50. The number of amides is 2. The molecule has 2 amide bonds. The van der Waals surface area contributed by atoms with Gasteiger partial charge in [-0.15, -0.1) is 11.3 Å². The average molecular weight is 543 g/mol. The molecule has 180 valence electrons. The Balaban J connectivity index is 1.55. The van der Waals surface area contributed by atoms with E-state index >= 15 is 0 Å². The number of thiazole rings is 2. The number of carbonyl (C=O) groups excluding carboxylic acids is 2. The zero-order valence-electron chi connectivity index (χ0n) is 18.1. The molecule has 4 rings (SSSR count). The fraction of sp³-hybridized carbons (Fsp3) is 0.368. The maximum Gasteiger partial charge on any atom is 0.353 e. The summed E-state index contributed by atoms with van der Waals surface area (Å²) in [5.41, 5.74) is 6.26. The maximum atomic E-state index is 13.0. The van der Waals surface area contributed by atoms with Crippen molar-refractivity contribution in [2.24, 2.45) is 5.16 Å². The summed E-state index contributed by atoms with van der Waals surface area (Å²) in [6.45, 7) is 3.83. The summed E-state index contributed by atoms with van der Waals surface area (Å²) in [4.78, 5) is 54.0. The van der Waals surface area contributed by atoms with Gasteiger partial charge < -0.3 is 21.0 Å². The highest BCUT2D eigenvalue weighted by atomic mass is 35.5. The second-order valence-electron chi connectivity index (χ2n) is 7.36. The van der Waals surface area contributed by atoms with Gasteiger partial charge in [-0.1, -0.05) is 39.9 Å². The predicted molar refractivity (Wildman–Crippen MR) is 129 cm³/mol. The molecule has 2 atom stereocenters. The van der Waals surface area contributed by atoms with Crippen molar-refractivity contribution in [3.63, 3.8) is 0 Å². The SMILES string of the molecule is CON=C(C(=O)N[C@@H]1C(=O)N2C(C(=O)O)=C(Sc3nc(C)c(C)s3)CC[C@H]12)c1nc(N)sc1Cl. The molecular formula is C19H19ClN6O5S3. The number of allylic oxidation sites excluding steroid dienone is 1. The molecule has 2 aliphatic heterocycles. The summed E-state index contributed by atoms with van der Waals surface area (Å²) >= 11 is 9.80. The number of aliphatic carboxylic acids is 1. The highest BCUT2D eigenvalue weighted by molar-refractivity contribution is 8.04. The number of aryl methyl sites for hydroxylation is 2. The van der Waals surface area contributed by atoms with E-state index in [4.69, 9.17) is 22.2 Å². The standard InChI is InChI=1S/C19H19ClN6O5S3/c1-6-7(2)32-19(22-6)33-9-5-4-8-10(16(28)26(8)13(9)17(29)30)23-15(27)12(25-31-3)11-14(20)34-18(21)24-11/h8,10H,4-5H2,1-3H3,(H2,21,24)(H,23,27)(H,29,30)/t8-,10+/m1/s1. The normalized spacial score (nSPS) is 20.2. The van der Waals surface area contributed by atoms with E-state index in [0.29, 0.717) is 17.7 Å². The molecule has 4 heterocycles. The number of aromatic nitrogens is 2. The van der Waals surface area contributed by atoms with Gasteiger partial charge in [0.05, 0.1) is 11.7 Å². The summed E-state index contributed by atoms with van der Waals surface area (Å²) in [7, 11) is 1.25. The number of nitrogen functional groups attached to an aromatic ring is 1. The molecule has 0 bridgehead atoms. The molecule has 11 nitrogen and oxygen atoms in total. The van der Waals surface area contributed by atoms with E-state index in [1.165, 1.54) is 35.1 Å². The van der Waals surface area contributed by atoms with Crippen LogP contribution < -0.4 is 11.1 Å². The van der Waals surface area contributed by atoms with Gasteiger partial charge in [0.15, 0.2) is 15.2 Å². The molecule has 15 heteroatoms. The summed E-state index contributed by atoms with van der Waals surface area (Å²) in [5, 5.41) is 16.3. The van der Waals surface area contributed by atoms with Gasteiger partial charge in [-0.25, -0.2) is 14.8 Å². The van der Waals surface area contributed by atoms with Crippen molar-refractivity contribution in [2.45, 2.75) is 43.1 Å². The number of β-lactam (4-membered cyclic amide) rings is 1. The number of thioether (sulfide) groups is 1. The second kappa shape index (κ2) is 9.52. The van der Waals surface area contributed by atoms with Gasteiger partial charge in [-0.05, 0) is 26.7 Å². The zero-order valence-corrected chi connectivity index (χ0v) is 21.3. The van der Waals surface area contributed by atoms with Gasteiger partial charge in [0.1, 0.15) is 28.9 Å². The Bertz CT molecular complexity index is 1240. The third kappa shape index (κ3) is 4.37. The lowest BCUT2D eigenvalue weighted by molar-refractivity contribution is -0.155. The number of carboxylic acid groups (broad SMARTS) is 1. The van der Waals surface area contributed by atoms with E-state index in [0.717, 1.165) is 26.2 Å². The van der Waals surface area contributed by atoms with Crippen molar-refractivity contribution in [1.29, 1.82) is 0 Å². The number of nitrogens with one attached hydrogen (secondary N) is 1. The smallest absolute Gasteiger partial charge is 0.353 e. The number of oxime groups is 1. The van der Waals surface area contributed by atoms with Crippen LogP contribution in [-0.2, 0) is 19.2 Å². The number of hydrogen-bond acceptors (Lipinski definition) is 11. The number of carboxylic acids is 1. The summed E-state index contributed by atoms with van der Waals surface area (Å²) < 4.78 is 0.868. The molecular weight excluding hydrogens is 524 g/mol. The maximum absolute atomic E-state index is 13.0. The molecule has 2 aromatic heterocycles. The molecule has 1 fully saturated rings. The Hall–Kier alpha value is -2.68. The Kier molecular flexibility index (Phi) is 6.85. The fourth-order valence-corrected chi connectivity index (χ4v) is 6.98. The first-order valence-electron chi connectivity index (χ1n) is 9.88. The van der Waals surface area contributed by atoms with Crippen LogP contribution in [0.15, 0.2) is 20.1 Å². The third-order valence-corrected chi connectivity index (χ3v) is 8.69. The number of carbonyl (C=O) groups is 3. The van der Waals surface area contributed by atoms with E-state index in [1.807, 2.05) is 13.8 Å². The molecule has 34 heavy (non-hydrogen) atoms. The number of halogens is 1. The lowest BCUT2D eigenvalue weighted by atomic mass is 9.86. The molecule has 0 saturated carbocycles. The van der Waals surface area contributed by atoms with Crippen LogP contribution in [0, 0.1) is 13.8 Å². The van der Waals surface area contributed by atoms with E-state index in [-0.39, 0.29) is 26.6 Å². The van der Waals surface area contributed by atoms with Crippen molar-refractivity contribution < 1.29 is 24.3 Å². The van der Waals surface area contributed by atoms with Crippen LogP contribution in [0.3, 0.4) is 0 Å². The number of fused-ring (bicyclic) bond motifs is 1. The van der Waals surface area contributed by atoms with Crippen molar-refractivity contribution in [3.8, 4) is 0 Å². The van der Waals surface area contributed by atoms with Crippen LogP contribution in [0.1, 0.15) is 29.1 Å². The minimum Gasteiger partial charge on any atom is -0.477 e. The molecule has 0 aromatic carbocycles. The molecule has 0 spiro atoms. The first-order valence-corrected chi connectivity index (χ1v) is 12.7. The minimum absolute atomic E-state index is 0.0367. The Morgan fingerprint density at radius 1 is 1.35 bits per heavy atom. The summed E-state index contributed by atoms with van der Waals surface area (Å²) in [6.07, 6.45) is 0.901. The van der Waals surface area contributed by atoms with E-state index < -0.39 is 29.9 Å². The Morgan fingerprint density at radius 2 is 2.09 bits per heavy atom. The molecule has 1 saturated heterocycles. The average Bonchev–Trinajstić information content (AvgIpc) is 3.28. The number of anilines is 1. The quantitative estimate of drug-likeness (QED) is 0.271. The fourth-order valence-electron chi connectivity index (χ4n) is 3.68. The number of nitrogens with two attached hydrogens (primary N) is 1. The van der Waals surface area contributed by atoms with Gasteiger partial charge in [-0.3, -0.25) is 14.5 Å². The van der Waals surface area contributed by atoms with Crippen LogP contribution in [0.2, 0.25) is 4.34 Å². The zero-order chi connectivity index (χ0) is 24.7. The Labute approximate surface area is 211 Å². The highest BCUT2D eigenvalue weighted by Crippen LogP contribution is 2.44. The van der Waals surface area contributed by atoms with Crippen LogP contribution in [0.4, 0.5) is 5.13 Å². The molecule has 0 radical (unpaired) electrons. The van der Waals surface area contributed by atoms with Gasteiger partial charge in [0.25, 0.3) is 11.8 Å². The minimum atomic E-state index is -1.21. The van der Waals surface area contributed by atoms with Gasteiger partial charge in [-0.2, -0.15) is 0 Å². The van der Waals surface area contributed by atoms with Gasteiger partial charge >= 0.3 is 5.97 Å². The van der Waals surface area contributed by atoms with Crippen molar-refractivity contribution in [1.82, 2.24) is 20.2 Å². The molecule has 2 aliphatic rings. The van der Waals surface area contributed by atoms with E-state index in [9.17, 15) is 19.5 Å². The van der Waals surface area contributed by atoms with Crippen molar-refractivity contribution in [2.75, 3.05) is 12.8 Å². The van der Waals surface area contributed by atoms with Gasteiger partial charge in [0, 0.05) is 9.78 Å². The first-order chi connectivity index (χ1) is 16.1. The van der Waals surface area contributed by atoms with Crippen molar-refractivity contribution >= 4 is 74.7 Å². The van der Waals surface area contributed by atoms with Gasteiger partial charge in [0.2, 0.25) is 0 Å². The van der Waals surface area contributed by atoms with Crippen molar-refractivity contribution in [3.05, 3.63) is 31.2 Å². The molecule has 2 aromatic rings. The van der Waals surface area contributed by atoms with Crippen LogP contribution in [-0.4, -0.2) is 62.7 Å². The number of hydrogen-bond donors (Lipinski definition) is 3. The Morgan fingerprint density at radius 3 is 2.65 bits per heavy atom. The monoisotopic (exact) mass is 542 g/mol. The summed E-state index contributed by atoms with van der Waals surface area (Å²) in [5.74, 6) is -2.47. The number of nitrogens with zero attached hydrogens (tertiary/aromatic N) is 4. The summed E-state index contributed by atoms with van der Waals surface area (Å²) in [6, 6.07) is -1.43. The molecule has 0 unspecified atom stereocenters. The predicted octanol–water partition coefficient (Wildman–Crippen LogP) is 2.38.